The Morgan fingerprint density at radius 3 is 1.81 bits per heavy atom. The van der Waals surface area contributed by atoms with Crippen LogP contribution >= 0.6 is 0 Å². The van der Waals surface area contributed by atoms with Crippen molar-refractivity contribution in [3.63, 3.8) is 0 Å². The summed E-state index contributed by atoms with van der Waals surface area (Å²) < 4.78 is 15.9. The second-order valence-corrected chi connectivity index (χ2v) is 9.02. The maximum Gasteiger partial charge on any atom is 0.271 e. The summed E-state index contributed by atoms with van der Waals surface area (Å²) in [4.78, 5) is 25.0. The predicted octanol–water partition coefficient (Wildman–Crippen LogP) is 5.03. The fourth-order valence-corrected chi connectivity index (χ4v) is 3.44. The van der Waals surface area contributed by atoms with Crippen LogP contribution in [-0.2, 0) is 5.41 Å². The Morgan fingerprint density at radius 2 is 1.31 bits per heavy atom. The first-order chi connectivity index (χ1) is 17.2. The number of nitrogens with one attached hydrogen (secondary N) is 2. The topological polar surface area (TPSA) is 98.2 Å². The minimum absolute atomic E-state index is 0.0177. The first kappa shape index (κ1) is 26.3. The molecule has 0 unspecified atom stereocenters. The van der Waals surface area contributed by atoms with Gasteiger partial charge in [-0.3, -0.25) is 9.59 Å². The summed E-state index contributed by atoms with van der Waals surface area (Å²) in [5.41, 5.74) is 5.84. The van der Waals surface area contributed by atoms with Gasteiger partial charge in [0.2, 0.25) is 5.75 Å². The van der Waals surface area contributed by atoms with Gasteiger partial charge in [-0.15, -0.1) is 0 Å². The maximum atomic E-state index is 12.6. The highest BCUT2D eigenvalue weighted by molar-refractivity contribution is 6.04. The number of benzene rings is 3. The number of rotatable bonds is 8. The molecule has 0 saturated heterocycles. The van der Waals surface area contributed by atoms with Gasteiger partial charge in [0.25, 0.3) is 11.8 Å². The molecule has 0 aliphatic carbocycles. The van der Waals surface area contributed by atoms with Crippen LogP contribution < -0.4 is 25.0 Å². The van der Waals surface area contributed by atoms with Crippen LogP contribution in [0.2, 0.25) is 0 Å². The molecule has 3 aromatic rings. The van der Waals surface area contributed by atoms with Crippen molar-refractivity contribution in [1.29, 1.82) is 0 Å². The van der Waals surface area contributed by atoms with Gasteiger partial charge in [-0.2, -0.15) is 5.10 Å². The number of nitrogens with zero attached hydrogens (tertiary/aromatic N) is 1. The number of hydrogen-bond acceptors (Lipinski definition) is 6. The molecule has 0 heterocycles. The SMILES string of the molecule is COc1cc(C=NNC(=O)c2ccc(NC(=O)c3ccc(C(C)(C)C)cc3)cc2)cc(OC)c1OC. The zero-order valence-corrected chi connectivity index (χ0v) is 21.3. The zero-order chi connectivity index (χ0) is 26.3. The summed E-state index contributed by atoms with van der Waals surface area (Å²) in [5.74, 6) is 0.812. The summed E-state index contributed by atoms with van der Waals surface area (Å²) in [6, 6.07) is 17.5. The van der Waals surface area contributed by atoms with Crippen molar-refractivity contribution in [3.8, 4) is 17.2 Å². The molecular weight excluding hydrogens is 458 g/mol. The van der Waals surface area contributed by atoms with Crippen LogP contribution in [0.5, 0.6) is 17.2 Å². The molecule has 8 nitrogen and oxygen atoms in total. The van der Waals surface area contributed by atoms with Crippen molar-refractivity contribution >= 4 is 23.7 Å². The van der Waals surface area contributed by atoms with E-state index in [1.165, 1.54) is 27.5 Å². The lowest BCUT2D eigenvalue weighted by Gasteiger charge is -2.19. The number of carbonyl (C=O) groups is 2. The van der Waals surface area contributed by atoms with Gasteiger partial charge in [0.15, 0.2) is 11.5 Å². The lowest BCUT2D eigenvalue weighted by atomic mass is 9.87. The van der Waals surface area contributed by atoms with Gasteiger partial charge in [-0.05, 0) is 59.5 Å². The molecule has 0 atom stereocenters. The molecule has 0 bridgehead atoms. The van der Waals surface area contributed by atoms with E-state index < -0.39 is 5.91 Å². The predicted molar refractivity (Wildman–Crippen MR) is 141 cm³/mol. The second kappa shape index (κ2) is 11.4. The van der Waals surface area contributed by atoms with Crippen LogP contribution in [-0.4, -0.2) is 39.4 Å². The molecule has 8 heteroatoms. The summed E-state index contributed by atoms with van der Waals surface area (Å²) in [6.07, 6.45) is 1.47. The summed E-state index contributed by atoms with van der Waals surface area (Å²) in [6.45, 7) is 6.37. The Labute approximate surface area is 211 Å². The van der Waals surface area contributed by atoms with Gasteiger partial charge in [0, 0.05) is 22.4 Å². The maximum absolute atomic E-state index is 12.6. The van der Waals surface area contributed by atoms with Gasteiger partial charge in [-0.25, -0.2) is 5.43 Å². The third-order valence-electron chi connectivity index (χ3n) is 5.48. The van der Waals surface area contributed by atoms with Gasteiger partial charge >= 0.3 is 0 Å². The fraction of sp³-hybridized carbons (Fsp3) is 0.250. The van der Waals surface area contributed by atoms with Crippen LogP contribution in [0.15, 0.2) is 65.8 Å². The number of carbonyl (C=O) groups excluding carboxylic acids is 2. The average Bonchev–Trinajstić information content (AvgIpc) is 2.87. The normalized spacial score (nSPS) is 11.2. The van der Waals surface area contributed by atoms with Crippen LogP contribution in [0.3, 0.4) is 0 Å². The molecule has 0 aliphatic rings. The quantitative estimate of drug-likeness (QED) is 0.342. The van der Waals surface area contributed by atoms with Gasteiger partial charge in [0.1, 0.15) is 0 Å². The van der Waals surface area contributed by atoms with Crippen LogP contribution in [0.1, 0.15) is 52.6 Å². The zero-order valence-electron chi connectivity index (χ0n) is 21.3. The smallest absolute Gasteiger partial charge is 0.271 e. The van der Waals surface area contributed by atoms with Crippen molar-refractivity contribution < 1.29 is 23.8 Å². The van der Waals surface area contributed by atoms with E-state index in [1.54, 1.807) is 36.4 Å². The fourth-order valence-electron chi connectivity index (χ4n) is 3.44. The summed E-state index contributed by atoms with van der Waals surface area (Å²) >= 11 is 0. The Balaban J connectivity index is 1.61. The van der Waals surface area contributed by atoms with E-state index in [9.17, 15) is 9.59 Å². The van der Waals surface area contributed by atoms with Crippen LogP contribution in [0.4, 0.5) is 5.69 Å². The van der Waals surface area contributed by atoms with E-state index in [4.69, 9.17) is 14.2 Å². The largest absolute Gasteiger partial charge is 0.493 e. The number of methoxy groups -OCH3 is 3. The van der Waals surface area contributed by atoms with Crippen molar-refractivity contribution in [2.45, 2.75) is 26.2 Å². The highest BCUT2D eigenvalue weighted by Gasteiger charge is 2.15. The molecular formula is C28H31N3O5. The number of hydrazone groups is 1. The van der Waals surface area contributed by atoms with E-state index in [2.05, 4.69) is 36.6 Å². The highest BCUT2D eigenvalue weighted by atomic mass is 16.5. The molecule has 2 amide bonds. The molecule has 3 rings (SSSR count). The monoisotopic (exact) mass is 489 g/mol. The van der Waals surface area contributed by atoms with Gasteiger partial charge < -0.3 is 19.5 Å². The molecule has 3 aromatic carbocycles. The van der Waals surface area contributed by atoms with Gasteiger partial charge in [-0.1, -0.05) is 32.9 Å². The minimum atomic E-state index is -0.394. The standard InChI is InChI=1S/C28H31N3O5/c1-28(2,3)21-11-7-19(8-12-21)26(32)30-22-13-9-20(10-14-22)27(33)31-29-17-18-15-23(34-4)25(36-6)24(16-18)35-5/h7-17H,1-6H3,(H,30,32)(H,31,33). The molecule has 0 fully saturated rings. The minimum Gasteiger partial charge on any atom is -0.493 e. The number of ether oxygens (including phenoxy) is 3. The second-order valence-electron chi connectivity index (χ2n) is 9.02. The molecule has 0 aliphatic heterocycles. The van der Waals surface area contributed by atoms with Crippen LogP contribution in [0, 0.1) is 0 Å². The molecule has 36 heavy (non-hydrogen) atoms. The first-order valence-corrected chi connectivity index (χ1v) is 11.3. The summed E-state index contributed by atoms with van der Waals surface area (Å²) in [5, 5.41) is 6.86. The van der Waals surface area contributed by atoms with E-state index in [1.807, 2.05) is 24.3 Å². The lowest BCUT2D eigenvalue weighted by Crippen LogP contribution is -2.18. The third-order valence-corrected chi connectivity index (χ3v) is 5.48. The number of hydrogen-bond donors (Lipinski definition) is 2. The third kappa shape index (κ3) is 6.41. The van der Waals surface area contributed by atoms with Crippen molar-refractivity contribution in [3.05, 3.63) is 82.9 Å². The van der Waals surface area contributed by atoms with E-state index in [0.717, 1.165) is 5.56 Å². The average molecular weight is 490 g/mol. The first-order valence-electron chi connectivity index (χ1n) is 11.3. The molecule has 0 radical (unpaired) electrons. The number of amides is 2. The Kier molecular flexibility index (Phi) is 8.32. The molecule has 2 N–H and O–H groups in total. The lowest BCUT2D eigenvalue weighted by molar-refractivity contribution is 0.0954. The molecule has 0 saturated carbocycles. The van der Waals surface area contributed by atoms with E-state index >= 15 is 0 Å². The van der Waals surface area contributed by atoms with E-state index in [-0.39, 0.29) is 11.3 Å². The molecule has 0 spiro atoms. The molecule has 188 valence electrons. The highest BCUT2D eigenvalue weighted by Crippen LogP contribution is 2.37. The van der Waals surface area contributed by atoms with Crippen molar-refractivity contribution in [1.82, 2.24) is 5.43 Å². The Morgan fingerprint density at radius 1 is 0.778 bits per heavy atom. The Hall–Kier alpha value is -4.33. The number of anilines is 1. The van der Waals surface area contributed by atoms with E-state index in [0.29, 0.717) is 39.6 Å². The van der Waals surface area contributed by atoms with Crippen molar-refractivity contribution in [2.75, 3.05) is 26.6 Å². The molecule has 0 aromatic heterocycles. The van der Waals surface area contributed by atoms with Gasteiger partial charge in [0.05, 0.1) is 27.5 Å². The Bertz CT molecular complexity index is 1220. The summed E-state index contributed by atoms with van der Waals surface area (Å²) in [7, 11) is 4.57. The van der Waals surface area contributed by atoms with Crippen LogP contribution in [0.25, 0.3) is 0 Å². The van der Waals surface area contributed by atoms with Crippen molar-refractivity contribution in [2.24, 2.45) is 5.10 Å².